The minimum atomic E-state index is -0.0527. The van der Waals surface area contributed by atoms with Crippen LogP contribution in [0.3, 0.4) is 0 Å². The molecule has 0 spiro atoms. The number of hydrogen-bond acceptors (Lipinski definition) is 4. The number of carbonyl (C=O) groups is 1. The summed E-state index contributed by atoms with van der Waals surface area (Å²) >= 11 is 1.41. The Morgan fingerprint density at radius 3 is 2.56 bits per heavy atom. The molecule has 1 aliphatic carbocycles. The minimum absolute atomic E-state index is 0.0527. The summed E-state index contributed by atoms with van der Waals surface area (Å²) < 4.78 is 2.06. The predicted molar refractivity (Wildman–Crippen MR) is 131 cm³/mol. The average Bonchev–Trinajstić information content (AvgIpc) is 3.56. The lowest BCUT2D eigenvalue weighted by molar-refractivity contribution is -0.113. The molecular weight excluding hydrogens is 416 g/mol. The molecule has 32 heavy (non-hydrogen) atoms. The number of nitrogens with one attached hydrogen (secondary N) is 1. The summed E-state index contributed by atoms with van der Waals surface area (Å²) in [4.78, 5) is 12.6. The molecule has 0 unspecified atom stereocenters. The lowest BCUT2D eigenvalue weighted by Gasteiger charge is -2.14. The first-order valence-corrected chi connectivity index (χ1v) is 11.9. The normalized spacial score (nSPS) is 13.5. The van der Waals surface area contributed by atoms with Gasteiger partial charge >= 0.3 is 0 Å². The van der Waals surface area contributed by atoms with E-state index in [-0.39, 0.29) is 11.7 Å². The molecule has 0 atom stereocenters. The highest BCUT2D eigenvalue weighted by molar-refractivity contribution is 7.99. The van der Waals surface area contributed by atoms with Crippen LogP contribution in [0.25, 0.3) is 16.5 Å². The quantitative estimate of drug-likeness (QED) is 0.375. The number of benzene rings is 3. The van der Waals surface area contributed by atoms with Gasteiger partial charge in [-0.15, -0.1) is 10.2 Å². The van der Waals surface area contributed by atoms with E-state index in [0.717, 1.165) is 27.9 Å². The van der Waals surface area contributed by atoms with Crippen LogP contribution in [0.2, 0.25) is 0 Å². The Kier molecular flexibility index (Phi) is 5.47. The fourth-order valence-corrected chi connectivity index (χ4v) is 5.03. The monoisotopic (exact) mass is 442 g/mol. The fraction of sp³-hybridized carbons (Fsp3) is 0.269. The topological polar surface area (TPSA) is 59.8 Å². The lowest BCUT2D eigenvalue weighted by atomic mass is 9.99. The van der Waals surface area contributed by atoms with E-state index >= 15 is 0 Å². The first kappa shape index (κ1) is 20.8. The maximum Gasteiger partial charge on any atom is 0.234 e. The highest BCUT2D eigenvalue weighted by Crippen LogP contribution is 2.44. The number of anilines is 1. The molecule has 0 radical (unpaired) electrons. The van der Waals surface area contributed by atoms with Gasteiger partial charge in [0.25, 0.3) is 0 Å². The Morgan fingerprint density at radius 1 is 1.03 bits per heavy atom. The Morgan fingerprint density at radius 2 is 1.81 bits per heavy atom. The summed E-state index contributed by atoms with van der Waals surface area (Å²) in [6.07, 6.45) is 2.54. The van der Waals surface area contributed by atoms with E-state index in [4.69, 9.17) is 0 Å². The summed E-state index contributed by atoms with van der Waals surface area (Å²) in [5.74, 6) is 1.71. The molecule has 5 nitrogen and oxygen atoms in total. The van der Waals surface area contributed by atoms with Crippen LogP contribution in [0.5, 0.6) is 0 Å². The summed E-state index contributed by atoms with van der Waals surface area (Å²) in [5.41, 5.74) is 5.57. The number of rotatable bonds is 6. The number of nitrogens with zero attached hydrogens (tertiary/aromatic N) is 3. The molecule has 1 heterocycles. The maximum absolute atomic E-state index is 12.6. The van der Waals surface area contributed by atoms with Gasteiger partial charge in [-0.25, -0.2) is 0 Å². The van der Waals surface area contributed by atoms with Crippen molar-refractivity contribution in [3.63, 3.8) is 0 Å². The van der Waals surface area contributed by atoms with E-state index < -0.39 is 0 Å². The SMILES string of the molecule is Cc1ccc(NC(=O)CSc2nnc(C)n2-c2ccc(C3CC3)c3ccccc23)c(C)c1. The highest BCUT2D eigenvalue weighted by Gasteiger charge is 2.26. The molecule has 1 N–H and O–H groups in total. The zero-order valence-electron chi connectivity index (χ0n) is 18.6. The van der Waals surface area contributed by atoms with E-state index in [1.807, 2.05) is 32.9 Å². The van der Waals surface area contributed by atoms with Crippen LogP contribution in [-0.4, -0.2) is 26.4 Å². The van der Waals surface area contributed by atoms with E-state index in [0.29, 0.717) is 5.92 Å². The van der Waals surface area contributed by atoms with Crippen molar-refractivity contribution < 1.29 is 4.79 Å². The molecule has 6 heteroatoms. The van der Waals surface area contributed by atoms with Gasteiger partial charge in [0.05, 0.1) is 11.4 Å². The molecule has 1 aromatic heterocycles. The Labute approximate surface area is 192 Å². The zero-order valence-corrected chi connectivity index (χ0v) is 19.4. The standard InChI is InChI=1S/C26H26N4OS/c1-16-8-12-23(17(2)14-16)27-25(31)15-32-26-29-28-18(3)30(26)24-13-11-20(19-9-10-19)21-6-4-5-7-22(21)24/h4-8,11-14,19H,9-10,15H2,1-3H3,(H,27,31). The van der Waals surface area contributed by atoms with E-state index in [9.17, 15) is 4.79 Å². The third-order valence-corrected chi connectivity index (χ3v) is 6.91. The molecule has 1 saturated carbocycles. The van der Waals surface area contributed by atoms with Gasteiger partial charge in [0.15, 0.2) is 5.16 Å². The van der Waals surface area contributed by atoms with E-state index in [2.05, 4.69) is 62.5 Å². The molecular formula is C26H26N4OS. The molecule has 162 valence electrons. The van der Waals surface area contributed by atoms with E-state index in [1.165, 1.54) is 46.5 Å². The van der Waals surface area contributed by atoms with Crippen LogP contribution in [0, 0.1) is 20.8 Å². The smallest absolute Gasteiger partial charge is 0.234 e. The second-order valence-corrected chi connectivity index (χ2v) is 9.46. The van der Waals surface area contributed by atoms with Gasteiger partial charge in [0.2, 0.25) is 5.91 Å². The van der Waals surface area contributed by atoms with Gasteiger partial charge < -0.3 is 5.32 Å². The van der Waals surface area contributed by atoms with Gasteiger partial charge in [-0.3, -0.25) is 9.36 Å². The zero-order chi connectivity index (χ0) is 22.2. The number of thioether (sulfide) groups is 1. The lowest BCUT2D eigenvalue weighted by Crippen LogP contribution is -2.15. The van der Waals surface area contributed by atoms with Gasteiger partial charge in [-0.2, -0.15) is 0 Å². The Bertz CT molecular complexity index is 1320. The first-order valence-electron chi connectivity index (χ1n) is 10.9. The molecule has 0 aliphatic heterocycles. The number of carbonyl (C=O) groups excluding carboxylic acids is 1. The van der Waals surface area contributed by atoms with Crippen molar-refractivity contribution in [2.75, 3.05) is 11.1 Å². The van der Waals surface area contributed by atoms with Crippen molar-refractivity contribution >= 4 is 34.1 Å². The largest absolute Gasteiger partial charge is 0.325 e. The molecule has 1 aliphatic rings. The van der Waals surface area contributed by atoms with Gasteiger partial charge in [0.1, 0.15) is 5.82 Å². The molecule has 4 aromatic rings. The Hall–Kier alpha value is -3.12. The highest BCUT2D eigenvalue weighted by atomic mass is 32.2. The Balaban J connectivity index is 1.41. The number of aromatic nitrogens is 3. The van der Waals surface area contributed by atoms with Gasteiger partial charge in [-0.1, -0.05) is 59.8 Å². The predicted octanol–water partition coefficient (Wildman–Crippen LogP) is 5.95. The minimum Gasteiger partial charge on any atom is -0.325 e. The van der Waals surface area contributed by atoms with Crippen LogP contribution in [0.15, 0.2) is 59.8 Å². The van der Waals surface area contributed by atoms with E-state index in [1.54, 1.807) is 0 Å². The second kappa shape index (κ2) is 8.43. The maximum atomic E-state index is 12.6. The summed E-state index contributed by atoms with van der Waals surface area (Å²) in [6, 6.07) is 19.0. The third kappa shape index (κ3) is 4.02. The second-order valence-electron chi connectivity index (χ2n) is 8.51. The van der Waals surface area contributed by atoms with Crippen molar-refractivity contribution in [3.8, 4) is 5.69 Å². The molecule has 0 bridgehead atoms. The number of amides is 1. The molecule has 5 rings (SSSR count). The molecule has 1 fully saturated rings. The molecule has 3 aromatic carbocycles. The van der Waals surface area contributed by atoms with Crippen molar-refractivity contribution in [2.45, 2.75) is 44.7 Å². The van der Waals surface area contributed by atoms with Gasteiger partial charge in [-0.05, 0) is 68.2 Å². The number of hydrogen-bond donors (Lipinski definition) is 1. The van der Waals surface area contributed by atoms with Crippen molar-refractivity contribution in [1.29, 1.82) is 0 Å². The summed E-state index contributed by atoms with van der Waals surface area (Å²) in [6.45, 7) is 6.01. The van der Waals surface area contributed by atoms with Gasteiger partial charge in [0, 0.05) is 11.1 Å². The summed E-state index contributed by atoms with van der Waals surface area (Å²) in [7, 11) is 0. The fourth-order valence-electron chi connectivity index (χ4n) is 4.24. The van der Waals surface area contributed by atoms with Crippen molar-refractivity contribution in [1.82, 2.24) is 14.8 Å². The first-order chi connectivity index (χ1) is 15.5. The third-order valence-electron chi connectivity index (χ3n) is 5.98. The van der Waals surface area contributed by atoms with Crippen molar-refractivity contribution in [3.05, 3.63) is 77.1 Å². The van der Waals surface area contributed by atoms with Crippen LogP contribution in [-0.2, 0) is 4.79 Å². The average molecular weight is 443 g/mol. The molecule has 1 amide bonds. The van der Waals surface area contributed by atoms with Crippen LogP contribution < -0.4 is 5.32 Å². The number of fused-ring (bicyclic) bond motifs is 1. The number of aryl methyl sites for hydroxylation is 3. The van der Waals surface area contributed by atoms with Crippen LogP contribution >= 0.6 is 11.8 Å². The van der Waals surface area contributed by atoms with Crippen molar-refractivity contribution in [2.24, 2.45) is 0 Å². The molecule has 0 saturated heterocycles. The summed E-state index contributed by atoms with van der Waals surface area (Å²) in [5, 5.41) is 14.9. The van der Waals surface area contributed by atoms with Crippen LogP contribution in [0.1, 0.15) is 41.3 Å². The van der Waals surface area contributed by atoms with Crippen LogP contribution in [0.4, 0.5) is 5.69 Å².